The summed E-state index contributed by atoms with van der Waals surface area (Å²) in [6.45, 7) is 0. The number of alkyl halides is 1. The van der Waals surface area contributed by atoms with E-state index in [-0.39, 0.29) is 0 Å². The first-order chi connectivity index (χ1) is 3.79. The molecule has 8 heavy (non-hydrogen) atoms. The first-order valence-corrected chi connectivity index (χ1v) is 3.62. The molecule has 0 heterocycles. The molecule has 0 aromatic carbocycles. The van der Waals surface area contributed by atoms with Crippen LogP contribution < -0.4 is 5.73 Å². The van der Waals surface area contributed by atoms with Crippen LogP contribution >= 0.6 is 11.6 Å². The third kappa shape index (κ3) is 1.64. The fraction of sp³-hybridized carbons (Fsp3) is 1.00. The molecule has 2 heteroatoms. The second-order valence-corrected chi connectivity index (χ2v) is 3.13. The molecule has 1 aliphatic carbocycles. The van der Waals surface area contributed by atoms with E-state index in [9.17, 15) is 0 Å². The lowest BCUT2D eigenvalue weighted by Crippen LogP contribution is -2.26. The van der Waals surface area contributed by atoms with Gasteiger partial charge in [0.1, 0.15) is 0 Å². The lowest BCUT2D eigenvalue weighted by Gasteiger charge is -2.20. The van der Waals surface area contributed by atoms with Crippen molar-refractivity contribution < 1.29 is 0 Å². The molecule has 0 amide bonds. The Morgan fingerprint density at radius 1 is 1.12 bits per heavy atom. The van der Waals surface area contributed by atoms with Crippen molar-refractivity contribution in [3.8, 4) is 0 Å². The molecule has 0 unspecified atom stereocenters. The summed E-state index contributed by atoms with van der Waals surface area (Å²) < 4.78 is 0. The Bertz CT molecular complexity index is 56.9. The normalized spacial score (nSPS) is 39.8. The maximum atomic E-state index is 5.83. The molecule has 1 aliphatic rings. The zero-order valence-electron chi connectivity index (χ0n) is 4.94. The maximum Gasteiger partial charge on any atom is 0.0337 e. The average molecular weight is 134 g/mol. The second kappa shape index (κ2) is 2.70. The van der Waals surface area contributed by atoms with E-state index in [2.05, 4.69) is 0 Å². The van der Waals surface area contributed by atoms with Crippen LogP contribution in [0, 0.1) is 0 Å². The third-order valence-electron chi connectivity index (χ3n) is 1.70. The van der Waals surface area contributed by atoms with Crippen LogP contribution in [0.2, 0.25) is 0 Å². The van der Waals surface area contributed by atoms with Gasteiger partial charge in [-0.3, -0.25) is 0 Å². The topological polar surface area (TPSA) is 26.0 Å². The highest BCUT2D eigenvalue weighted by atomic mass is 35.5. The van der Waals surface area contributed by atoms with Crippen molar-refractivity contribution in [2.24, 2.45) is 5.73 Å². The molecular weight excluding hydrogens is 122 g/mol. The largest absolute Gasteiger partial charge is 0.328 e. The smallest absolute Gasteiger partial charge is 0.0337 e. The van der Waals surface area contributed by atoms with E-state index in [0.29, 0.717) is 11.4 Å². The molecule has 0 atom stereocenters. The van der Waals surface area contributed by atoms with E-state index >= 15 is 0 Å². The highest BCUT2D eigenvalue weighted by Crippen LogP contribution is 2.20. The van der Waals surface area contributed by atoms with Crippen LogP contribution in [-0.4, -0.2) is 11.4 Å². The Kier molecular flexibility index (Phi) is 2.15. The van der Waals surface area contributed by atoms with Gasteiger partial charge in [-0.15, -0.1) is 11.6 Å². The molecule has 0 aromatic heterocycles. The fourth-order valence-electron chi connectivity index (χ4n) is 1.08. The maximum absolute atomic E-state index is 5.83. The SMILES string of the molecule is NC1CCC(Cl)CC1. The predicted molar refractivity (Wildman–Crippen MR) is 36.1 cm³/mol. The Balaban J connectivity index is 2.19. The van der Waals surface area contributed by atoms with Gasteiger partial charge >= 0.3 is 0 Å². The van der Waals surface area contributed by atoms with Crippen molar-refractivity contribution >= 4 is 11.6 Å². The molecule has 0 saturated heterocycles. The van der Waals surface area contributed by atoms with Gasteiger partial charge in [0.2, 0.25) is 0 Å². The molecule has 0 bridgehead atoms. The van der Waals surface area contributed by atoms with Gasteiger partial charge in [0.25, 0.3) is 0 Å². The summed E-state index contributed by atoms with van der Waals surface area (Å²) in [5, 5.41) is 0.412. The molecular formula is C6H12ClN. The van der Waals surface area contributed by atoms with Gasteiger partial charge in [0.15, 0.2) is 0 Å². The first-order valence-electron chi connectivity index (χ1n) is 3.18. The summed E-state index contributed by atoms with van der Waals surface area (Å²) in [5.41, 5.74) is 5.64. The van der Waals surface area contributed by atoms with Crippen molar-refractivity contribution in [3.05, 3.63) is 0 Å². The Morgan fingerprint density at radius 3 is 2.00 bits per heavy atom. The van der Waals surface area contributed by atoms with Crippen LogP contribution in [0.1, 0.15) is 25.7 Å². The van der Waals surface area contributed by atoms with Crippen LogP contribution in [0.25, 0.3) is 0 Å². The van der Waals surface area contributed by atoms with Crippen molar-refractivity contribution in [3.63, 3.8) is 0 Å². The molecule has 48 valence electrons. The van der Waals surface area contributed by atoms with E-state index in [0.717, 1.165) is 25.7 Å². The second-order valence-electron chi connectivity index (χ2n) is 2.51. The number of hydrogen-bond acceptors (Lipinski definition) is 1. The lowest BCUT2D eigenvalue weighted by atomic mass is 9.96. The van der Waals surface area contributed by atoms with Crippen molar-refractivity contribution in [1.82, 2.24) is 0 Å². The molecule has 1 saturated carbocycles. The van der Waals surface area contributed by atoms with Crippen LogP contribution in [-0.2, 0) is 0 Å². The quantitative estimate of drug-likeness (QED) is 0.498. The van der Waals surface area contributed by atoms with E-state index in [1.54, 1.807) is 0 Å². The zero-order valence-corrected chi connectivity index (χ0v) is 5.69. The van der Waals surface area contributed by atoms with Crippen LogP contribution in [0.15, 0.2) is 0 Å². The molecule has 1 fully saturated rings. The number of rotatable bonds is 0. The van der Waals surface area contributed by atoms with E-state index in [1.807, 2.05) is 0 Å². The number of hydrogen-bond donors (Lipinski definition) is 1. The van der Waals surface area contributed by atoms with E-state index < -0.39 is 0 Å². The van der Waals surface area contributed by atoms with E-state index in [1.165, 1.54) is 0 Å². The minimum atomic E-state index is 0.412. The average Bonchev–Trinajstić information content (AvgIpc) is 1.77. The van der Waals surface area contributed by atoms with Crippen LogP contribution in [0.3, 0.4) is 0 Å². The highest BCUT2D eigenvalue weighted by molar-refractivity contribution is 6.20. The summed E-state index contributed by atoms with van der Waals surface area (Å²) in [6, 6.07) is 0.435. The predicted octanol–water partition coefficient (Wildman–Crippen LogP) is 1.50. The van der Waals surface area contributed by atoms with E-state index in [4.69, 9.17) is 17.3 Å². The monoisotopic (exact) mass is 133 g/mol. The van der Waals surface area contributed by atoms with Crippen molar-refractivity contribution in [1.29, 1.82) is 0 Å². The van der Waals surface area contributed by atoms with Gasteiger partial charge in [0.05, 0.1) is 0 Å². The molecule has 2 N–H and O–H groups in total. The van der Waals surface area contributed by atoms with Gasteiger partial charge in [0, 0.05) is 11.4 Å². The molecule has 1 nitrogen and oxygen atoms in total. The summed E-state index contributed by atoms with van der Waals surface area (Å²) in [7, 11) is 0. The standard InChI is InChI=1S/C6H12ClN/c7-5-1-3-6(8)4-2-5/h5-6H,1-4,8H2. The molecule has 0 aliphatic heterocycles. The van der Waals surface area contributed by atoms with Gasteiger partial charge in [-0.2, -0.15) is 0 Å². The van der Waals surface area contributed by atoms with Gasteiger partial charge in [-0.25, -0.2) is 0 Å². The van der Waals surface area contributed by atoms with Crippen LogP contribution in [0.5, 0.6) is 0 Å². The van der Waals surface area contributed by atoms with Gasteiger partial charge in [-0.1, -0.05) is 0 Å². The third-order valence-corrected chi connectivity index (χ3v) is 2.14. The molecule has 0 aromatic rings. The summed E-state index contributed by atoms with van der Waals surface area (Å²) in [4.78, 5) is 0. The Hall–Kier alpha value is 0.250. The van der Waals surface area contributed by atoms with Gasteiger partial charge < -0.3 is 5.73 Å². The highest BCUT2D eigenvalue weighted by Gasteiger charge is 2.15. The number of halogens is 1. The van der Waals surface area contributed by atoms with Gasteiger partial charge in [-0.05, 0) is 25.7 Å². The van der Waals surface area contributed by atoms with Crippen LogP contribution in [0.4, 0.5) is 0 Å². The zero-order chi connectivity index (χ0) is 5.98. The Labute approximate surface area is 55.2 Å². The summed E-state index contributed by atoms with van der Waals surface area (Å²) in [5.74, 6) is 0. The summed E-state index contributed by atoms with van der Waals surface area (Å²) in [6.07, 6.45) is 4.47. The number of nitrogens with two attached hydrogens (primary N) is 1. The lowest BCUT2D eigenvalue weighted by molar-refractivity contribution is 0.447. The minimum absolute atomic E-state index is 0.412. The molecule has 0 spiro atoms. The Morgan fingerprint density at radius 2 is 1.62 bits per heavy atom. The first kappa shape index (κ1) is 6.37. The fourth-order valence-corrected chi connectivity index (χ4v) is 1.33. The summed E-state index contributed by atoms with van der Waals surface area (Å²) >= 11 is 5.83. The molecule has 0 radical (unpaired) electrons. The minimum Gasteiger partial charge on any atom is -0.328 e. The molecule has 1 rings (SSSR count). The van der Waals surface area contributed by atoms with Crippen molar-refractivity contribution in [2.45, 2.75) is 37.1 Å². The van der Waals surface area contributed by atoms with Crippen molar-refractivity contribution in [2.75, 3.05) is 0 Å².